The minimum Gasteiger partial charge on any atom is -0.489 e. The topological polar surface area (TPSA) is 44.2 Å². The molecule has 4 nitrogen and oxygen atoms in total. The summed E-state index contributed by atoms with van der Waals surface area (Å²) in [6.07, 6.45) is 14.3. The Morgan fingerprint density at radius 2 is 1.97 bits per heavy atom. The van der Waals surface area contributed by atoms with Crippen LogP contribution in [-0.4, -0.2) is 29.3 Å². The van der Waals surface area contributed by atoms with E-state index in [0.29, 0.717) is 34.6 Å². The van der Waals surface area contributed by atoms with Gasteiger partial charge >= 0.3 is 0 Å². The molecule has 0 aliphatic rings. The number of fused-ring (bicyclic) bond motifs is 1. The Morgan fingerprint density at radius 1 is 1.09 bits per heavy atom. The van der Waals surface area contributed by atoms with E-state index in [1.54, 1.807) is 24.4 Å². The van der Waals surface area contributed by atoms with Crippen molar-refractivity contribution in [3.8, 4) is 17.0 Å². The third kappa shape index (κ3) is 7.77. The summed E-state index contributed by atoms with van der Waals surface area (Å²) >= 11 is 0. The van der Waals surface area contributed by atoms with Crippen LogP contribution in [0.25, 0.3) is 28.4 Å². The number of rotatable bonds is 14. The first-order valence-corrected chi connectivity index (χ1v) is 12.2. The van der Waals surface area contributed by atoms with Crippen LogP contribution in [-0.2, 0) is 4.74 Å². The lowest BCUT2D eigenvalue weighted by atomic mass is 10.1. The van der Waals surface area contributed by atoms with E-state index in [4.69, 9.17) is 9.47 Å². The van der Waals surface area contributed by atoms with Crippen LogP contribution in [0.4, 0.5) is 4.39 Å². The summed E-state index contributed by atoms with van der Waals surface area (Å²) in [6.45, 7) is 9.25. The smallest absolute Gasteiger partial charge is 0.133 e. The van der Waals surface area contributed by atoms with Crippen molar-refractivity contribution in [3.05, 3.63) is 72.7 Å². The van der Waals surface area contributed by atoms with E-state index in [-0.39, 0.29) is 11.9 Å². The lowest BCUT2D eigenvalue weighted by Gasteiger charge is -2.12. The van der Waals surface area contributed by atoms with Gasteiger partial charge in [-0.05, 0) is 62.4 Å². The van der Waals surface area contributed by atoms with Crippen LogP contribution < -0.4 is 4.74 Å². The van der Waals surface area contributed by atoms with E-state index in [1.165, 1.54) is 12.8 Å². The van der Waals surface area contributed by atoms with Gasteiger partial charge in [-0.2, -0.15) is 0 Å². The van der Waals surface area contributed by atoms with Crippen molar-refractivity contribution in [2.24, 2.45) is 0 Å². The highest BCUT2D eigenvalue weighted by Crippen LogP contribution is 2.25. The number of allylic oxidation sites excluding steroid dienone is 1. The van der Waals surface area contributed by atoms with Crippen molar-refractivity contribution in [1.82, 2.24) is 9.97 Å². The highest BCUT2D eigenvalue weighted by Gasteiger charge is 2.09. The third-order valence-electron chi connectivity index (χ3n) is 5.59. The van der Waals surface area contributed by atoms with E-state index in [9.17, 15) is 4.39 Å². The maximum atomic E-state index is 14.8. The second kappa shape index (κ2) is 13.6. The number of hydrogen-bond donors (Lipinski definition) is 0. The zero-order valence-electron chi connectivity index (χ0n) is 20.3. The molecular formula is C29H35FN2O2. The summed E-state index contributed by atoms with van der Waals surface area (Å²) in [4.78, 5) is 9.03. The summed E-state index contributed by atoms with van der Waals surface area (Å²) in [7, 11) is 0. The molecule has 0 aliphatic carbocycles. The number of unbranched alkanes of at least 4 members (excludes halogenated alkanes) is 3. The van der Waals surface area contributed by atoms with Gasteiger partial charge in [0.1, 0.15) is 18.2 Å². The second-order valence-corrected chi connectivity index (χ2v) is 8.47. The van der Waals surface area contributed by atoms with Gasteiger partial charge in [0.2, 0.25) is 0 Å². The van der Waals surface area contributed by atoms with Crippen LogP contribution in [0.3, 0.4) is 0 Å². The first-order chi connectivity index (χ1) is 16.6. The summed E-state index contributed by atoms with van der Waals surface area (Å²) in [6, 6.07) is 10.7. The van der Waals surface area contributed by atoms with E-state index in [2.05, 4.69) is 36.5 Å². The fraction of sp³-hybridized carbons (Fsp3) is 0.379. The van der Waals surface area contributed by atoms with Crippen molar-refractivity contribution in [3.63, 3.8) is 0 Å². The van der Waals surface area contributed by atoms with Crippen LogP contribution in [0.5, 0.6) is 5.75 Å². The number of nitrogens with zero attached hydrogens (tertiary/aromatic N) is 2. The molecule has 2 aromatic carbocycles. The molecule has 180 valence electrons. The predicted octanol–water partition coefficient (Wildman–Crippen LogP) is 7.78. The number of halogens is 1. The van der Waals surface area contributed by atoms with Gasteiger partial charge in [0.15, 0.2) is 0 Å². The number of aromatic nitrogens is 2. The molecule has 0 saturated heterocycles. The largest absolute Gasteiger partial charge is 0.489 e. The van der Waals surface area contributed by atoms with Crippen LogP contribution in [0.15, 0.2) is 61.3 Å². The van der Waals surface area contributed by atoms with E-state index in [1.807, 2.05) is 30.3 Å². The van der Waals surface area contributed by atoms with Crippen LogP contribution >= 0.6 is 0 Å². The van der Waals surface area contributed by atoms with Gasteiger partial charge in [-0.3, -0.25) is 4.98 Å². The van der Waals surface area contributed by atoms with Gasteiger partial charge in [0.05, 0.1) is 29.0 Å². The van der Waals surface area contributed by atoms with Gasteiger partial charge in [-0.1, -0.05) is 50.6 Å². The Kier molecular flexibility index (Phi) is 10.2. The maximum Gasteiger partial charge on any atom is 0.133 e. The quantitative estimate of drug-likeness (QED) is 0.181. The number of hydrogen-bond acceptors (Lipinski definition) is 4. The Bertz CT molecular complexity index is 1100. The molecule has 0 fully saturated rings. The number of ether oxygens (including phenoxy) is 2. The van der Waals surface area contributed by atoms with Crippen molar-refractivity contribution in [1.29, 1.82) is 0 Å². The maximum absolute atomic E-state index is 14.8. The zero-order chi connectivity index (χ0) is 24.2. The van der Waals surface area contributed by atoms with E-state index >= 15 is 0 Å². The number of benzene rings is 2. The third-order valence-corrected chi connectivity index (χ3v) is 5.59. The fourth-order valence-corrected chi connectivity index (χ4v) is 3.67. The predicted molar refractivity (Wildman–Crippen MR) is 138 cm³/mol. The molecular weight excluding hydrogens is 427 g/mol. The molecule has 0 radical (unpaired) electrons. The molecule has 1 heterocycles. The molecule has 0 spiro atoms. The zero-order valence-corrected chi connectivity index (χ0v) is 20.3. The fourth-order valence-electron chi connectivity index (χ4n) is 3.67. The molecule has 1 atom stereocenters. The first-order valence-electron chi connectivity index (χ1n) is 12.2. The first kappa shape index (κ1) is 25.6. The molecule has 3 rings (SSSR count). The molecule has 0 bridgehead atoms. The average molecular weight is 463 g/mol. The van der Waals surface area contributed by atoms with Crippen molar-refractivity contribution in [2.45, 2.75) is 58.5 Å². The lowest BCUT2D eigenvalue weighted by molar-refractivity contribution is 0.0566. The van der Waals surface area contributed by atoms with Crippen LogP contribution in [0, 0.1) is 5.82 Å². The summed E-state index contributed by atoms with van der Waals surface area (Å²) in [5.74, 6) is 0.390. The van der Waals surface area contributed by atoms with Crippen molar-refractivity contribution < 1.29 is 13.9 Å². The highest BCUT2D eigenvalue weighted by atomic mass is 19.1. The minimum atomic E-state index is -0.309. The molecule has 5 heteroatoms. The Morgan fingerprint density at radius 3 is 2.76 bits per heavy atom. The van der Waals surface area contributed by atoms with Gasteiger partial charge < -0.3 is 9.47 Å². The van der Waals surface area contributed by atoms with Crippen molar-refractivity contribution in [2.75, 3.05) is 13.2 Å². The average Bonchev–Trinajstić information content (AvgIpc) is 2.85. The molecule has 0 N–H and O–H groups in total. The summed E-state index contributed by atoms with van der Waals surface area (Å²) < 4.78 is 26.2. The normalized spacial score (nSPS) is 12.3. The summed E-state index contributed by atoms with van der Waals surface area (Å²) in [5, 5.41) is 0. The molecule has 0 amide bonds. The lowest BCUT2D eigenvalue weighted by Crippen LogP contribution is -2.08. The van der Waals surface area contributed by atoms with Gasteiger partial charge in [-0.15, -0.1) is 0 Å². The Labute approximate surface area is 202 Å². The second-order valence-electron chi connectivity index (χ2n) is 8.47. The molecule has 3 aromatic rings. The molecule has 34 heavy (non-hydrogen) atoms. The van der Waals surface area contributed by atoms with Crippen LogP contribution in [0.2, 0.25) is 0 Å². The van der Waals surface area contributed by atoms with Gasteiger partial charge in [0.25, 0.3) is 0 Å². The summed E-state index contributed by atoms with van der Waals surface area (Å²) in [5.41, 5.74) is 3.17. The standard InChI is InChI=1S/C29H35FN2O2/c1-4-6-10-18-33-22(3)11-8-7-9-12-23-13-15-25(26(30)19-23)29-21-31-28-20-24(34-17-5-2)14-16-27(28)32-29/h5,9,12-16,19-22H,2,4,6-8,10-11,17-18H2,1,3H3. The minimum absolute atomic E-state index is 0.288. The van der Waals surface area contributed by atoms with E-state index < -0.39 is 0 Å². The van der Waals surface area contributed by atoms with E-state index in [0.717, 1.165) is 37.9 Å². The highest BCUT2D eigenvalue weighted by molar-refractivity contribution is 5.78. The van der Waals surface area contributed by atoms with Crippen LogP contribution in [0.1, 0.15) is 57.9 Å². The SMILES string of the molecule is C=CCOc1ccc2nc(-c3ccc(C=CCCCC(C)OCCCCC)cc3F)cnc2c1. The van der Waals surface area contributed by atoms with Gasteiger partial charge in [-0.25, -0.2) is 9.37 Å². The van der Waals surface area contributed by atoms with Gasteiger partial charge in [0, 0.05) is 18.2 Å². The monoisotopic (exact) mass is 462 g/mol. The molecule has 0 saturated carbocycles. The Balaban J connectivity index is 1.55. The molecule has 1 aromatic heterocycles. The molecule has 1 unspecified atom stereocenters. The molecule has 0 aliphatic heterocycles. The Hall–Kier alpha value is -3.05. The van der Waals surface area contributed by atoms with Crippen molar-refractivity contribution >= 4 is 17.1 Å².